The summed E-state index contributed by atoms with van der Waals surface area (Å²) in [5.41, 5.74) is 1.71. The highest BCUT2D eigenvalue weighted by Gasteiger charge is 2.12. The number of carbonyl (C=O) groups excluding carboxylic acids is 1. The zero-order valence-corrected chi connectivity index (χ0v) is 12.3. The highest BCUT2D eigenvalue weighted by atomic mass is 127. The monoisotopic (exact) mass is 362 g/mol. The van der Waals surface area contributed by atoms with E-state index in [1.54, 1.807) is 0 Å². The topological polar surface area (TPSA) is 78.4 Å². The number of carboxylic acids is 1. The molecule has 0 aliphatic carbocycles. The molecule has 0 aliphatic rings. The number of carbonyl (C=O) groups is 2. The van der Waals surface area contributed by atoms with E-state index in [0.717, 1.165) is 14.8 Å². The lowest BCUT2D eigenvalue weighted by molar-refractivity contribution is -0.139. The Balaban J connectivity index is 2.52. The molecule has 1 aromatic carbocycles. The van der Waals surface area contributed by atoms with E-state index in [4.69, 9.17) is 5.11 Å². The van der Waals surface area contributed by atoms with Crippen molar-refractivity contribution >= 4 is 40.2 Å². The highest BCUT2D eigenvalue weighted by Crippen LogP contribution is 2.17. The van der Waals surface area contributed by atoms with Crippen LogP contribution >= 0.6 is 22.6 Å². The van der Waals surface area contributed by atoms with Gasteiger partial charge in [-0.1, -0.05) is 0 Å². The van der Waals surface area contributed by atoms with Gasteiger partial charge in [0, 0.05) is 9.26 Å². The lowest BCUT2D eigenvalue weighted by atomic mass is 10.2. The standard InChI is InChI=1S/C12H15IN2O3/c1-7-5-9(13)3-4-10(7)15-11(16)6-14-8(2)12(17)18/h3-5,8,14H,6H2,1-2H3,(H,15,16)(H,17,18). The largest absolute Gasteiger partial charge is 0.480 e. The van der Waals surface area contributed by atoms with Gasteiger partial charge in [-0.3, -0.25) is 14.9 Å². The van der Waals surface area contributed by atoms with Crippen molar-refractivity contribution in [3.8, 4) is 0 Å². The maximum atomic E-state index is 11.6. The summed E-state index contributed by atoms with van der Waals surface area (Å²) in [5, 5.41) is 14.0. The summed E-state index contributed by atoms with van der Waals surface area (Å²) in [6.07, 6.45) is 0. The van der Waals surface area contributed by atoms with Gasteiger partial charge in [-0.2, -0.15) is 0 Å². The van der Waals surface area contributed by atoms with Crippen molar-refractivity contribution in [2.24, 2.45) is 0 Å². The average Bonchev–Trinajstić information content (AvgIpc) is 2.29. The molecule has 0 aliphatic heterocycles. The van der Waals surface area contributed by atoms with Crippen LogP contribution in [0.3, 0.4) is 0 Å². The van der Waals surface area contributed by atoms with Crippen LogP contribution in [0, 0.1) is 10.5 Å². The number of aliphatic carboxylic acids is 1. The lowest BCUT2D eigenvalue weighted by Gasteiger charge is -2.11. The molecule has 0 saturated heterocycles. The summed E-state index contributed by atoms with van der Waals surface area (Å²) >= 11 is 2.20. The maximum absolute atomic E-state index is 11.6. The summed E-state index contributed by atoms with van der Waals surface area (Å²) in [4.78, 5) is 22.2. The second-order valence-electron chi connectivity index (χ2n) is 3.95. The van der Waals surface area contributed by atoms with Crippen LogP contribution in [0.25, 0.3) is 0 Å². The zero-order valence-electron chi connectivity index (χ0n) is 10.2. The molecular weight excluding hydrogens is 347 g/mol. The number of hydrogen-bond acceptors (Lipinski definition) is 3. The molecule has 18 heavy (non-hydrogen) atoms. The van der Waals surface area contributed by atoms with E-state index in [0.29, 0.717) is 0 Å². The Morgan fingerprint density at radius 1 is 1.44 bits per heavy atom. The van der Waals surface area contributed by atoms with Gasteiger partial charge in [0.05, 0.1) is 6.54 Å². The van der Waals surface area contributed by atoms with Crippen molar-refractivity contribution in [1.29, 1.82) is 0 Å². The van der Waals surface area contributed by atoms with Gasteiger partial charge in [-0.15, -0.1) is 0 Å². The third kappa shape index (κ3) is 4.61. The second kappa shape index (κ2) is 6.69. The van der Waals surface area contributed by atoms with E-state index < -0.39 is 12.0 Å². The van der Waals surface area contributed by atoms with Crippen molar-refractivity contribution in [2.45, 2.75) is 19.9 Å². The third-order valence-electron chi connectivity index (χ3n) is 2.40. The number of hydrogen-bond donors (Lipinski definition) is 3. The van der Waals surface area contributed by atoms with Crippen molar-refractivity contribution in [1.82, 2.24) is 5.32 Å². The molecule has 0 saturated carbocycles. The van der Waals surface area contributed by atoms with Crippen LogP contribution in [0.1, 0.15) is 12.5 Å². The first-order valence-electron chi connectivity index (χ1n) is 5.42. The maximum Gasteiger partial charge on any atom is 0.320 e. The molecule has 1 rings (SSSR count). The minimum atomic E-state index is -0.978. The minimum Gasteiger partial charge on any atom is -0.480 e. The fourth-order valence-corrected chi connectivity index (χ4v) is 1.94. The van der Waals surface area contributed by atoms with E-state index in [2.05, 4.69) is 33.2 Å². The molecule has 0 spiro atoms. The molecule has 1 amide bonds. The number of carboxylic acid groups (broad SMARTS) is 1. The molecule has 98 valence electrons. The molecule has 0 bridgehead atoms. The molecule has 0 radical (unpaired) electrons. The normalized spacial score (nSPS) is 11.9. The van der Waals surface area contributed by atoms with Crippen molar-refractivity contribution in [3.05, 3.63) is 27.3 Å². The molecule has 3 N–H and O–H groups in total. The molecular formula is C12H15IN2O3. The van der Waals surface area contributed by atoms with Crippen molar-refractivity contribution in [3.63, 3.8) is 0 Å². The Bertz CT molecular complexity index is 463. The Morgan fingerprint density at radius 3 is 2.67 bits per heavy atom. The third-order valence-corrected chi connectivity index (χ3v) is 3.07. The van der Waals surface area contributed by atoms with Crippen LogP contribution in [0.4, 0.5) is 5.69 Å². The second-order valence-corrected chi connectivity index (χ2v) is 5.19. The Hall–Kier alpha value is -1.15. The molecule has 1 unspecified atom stereocenters. The molecule has 1 atom stereocenters. The van der Waals surface area contributed by atoms with E-state index in [1.807, 2.05) is 25.1 Å². The van der Waals surface area contributed by atoms with Crippen LogP contribution in [-0.2, 0) is 9.59 Å². The predicted octanol–water partition coefficient (Wildman–Crippen LogP) is 1.60. The first-order chi connectivity index (χ1) is 8.40. The van der Waals surface area contributed by atoms with Gasteiger partial charge in [-0.25, -0.2) is 0 Å². The van der Waals surface area contributed by atoms with E-state index in [9.17, 15) is 9.59 Å². The summed E-state index contributed by atoms with van der Waals surface area (Å²) < 4.78 is 1.10. The van der Waals surface area contributed by atoms with Gasteiger partial charge in [0.25, 0.3) is 0 Å². The smallest absolute Gasteiger partial charge is 0.320 e. The Morgan fingerprint density at radius 2 is 2.11 bits per heavy atom. The van der Waals surface area contributed by atoms with Gasteiger partial charge >= 0.3 is 5.97 Å². The van der Waals surface area contributed by atoms with Crippen LogP contribution in [-0.4, -0.2) is 29.6 Å². The summed E-state index contributed by atoms with van der Waals surface area (Å²) in [5.74, 6) is -1.24. The van der Waals surface area contributed by atoms with E-state index in [-0.39, 0.29) is 12.5 Å². The fraction of sp³-hybridized carbons (Fsp3) is 0.333. The van der Waals surface area contributed by atoms with Gasteiger partial charge in [0.2, 0.25) is 5.91 Å². The van der Waals surface area contributed by atoms with Crippen LogP contribution in [0.2, 0.25) is 0 Å². The summed E-state index contributed by atoms with van der Waals surface area (Å²) in [7, 11) is 0. The van der Waals surface area contributed by atoms with Gasteiger partial charge in [0.1, 0.15) is 6.04 Å². The first-order valence-corrected chi connectivity index (χ1v) is 6.50. The number of rotatable bonds is 5. The lowest BCUT2D eigenvalue weighted by Crippen LogP contribution is -2.39. The number of halogens is 1. The molecule has 0 aromatic heterocycles. The highest BCUT2D eigenvalue weighted by molar-refractivity contribution is 14.1. The molecule has 1 aromatic rings. The SMILES string of the molecule is Cc1cc(I)ccc1NC(=O)CNC(C)C(=O)O. The predicted molar refractivity (Wildman–Crippen MR) is 77.6 cm³/mol. The Kier molecular flexibility index (Phi) is 5.54. The number of nitrogens with one attached hydrogen (secondary N) is 2. The average molecular weight is 362 g/mol. The molecule has 0 heterocycles. The van der Waals surface area contributed by atoms with Crippen LogP contribution in [0.15, 0.2) is 18.2 Å². The molecule has 5 nitrogen and oxygen atoms in total. The number of anilines is 1. The zero-order chi connectivity index (χ0) is 13.7. The van der Waals surface area contributed by atoms with Gasteiger partial charge in [-0.05, 0) is 60.2 Å². The fourth-order valence-electron chi connectivity index (χ4n) is 1.29. The van der Waals surface area contributed by atoms with E-state index in [1.165, 1.54) is 6.92 Å². The summed E-state index contributed by atoms with van der Waals surface area (Å²) in [6.45, 7) is 3.37. The molecule has 6 heteroatoms. The number of aryl methyl sites for hydroxylation is 1. The van der Waals surface area contributed by atoms with Crippen LogP contribution < -0.4 is 10.6 Å². The summed E-state index contributed by atoms with van der Waals surface area (Å²) in [6, 6.07) is 4.95. The van der Waals surface area contributed by atoms with Crippen molar-refractivity contribution < 1.29 is 14.7 Å². The Labute approximate surface area is 119 Å². The van der Waals surface area contributed by atoms with E-state index >= 15 is 0 Å². The van der Waals surface area contributed by atoms with Crippen LogP contribution in [0.5, 0.6) is 0 Å². The minimum absolute atomic E-state index is 0.0289. The quantitative estimate of drug-likeness (QED) is 0.696. The first kappa shape index (κ1) is 14.9. The molecule has 0 fully saturated rings. The van der Waals surface area contributed by atoms with Gasteiger partial charge in [0.15, 0.2) is 0 Å². The number of benzene rings is 1. The number of amides is 1. The van der Waals surface area contributed by atoms with Crippen molar-refractivity contribution in [2.75, 3.05) is 11.9 Å². The van der Waals surface area contributed by atoms with Gasteiger partial charge < -0.3 is 10.4 Å².